The van der Waals surface area contributed by atoms with Crippen molar-refractivity contribution < 1.29 is 10.2 Å². The van der Waals surface area contributed by atoms with E-state index < -0.39 is 5.23 Å². The molecule has 6 heteroatoms. The summed E-state index contributed by atoms with van der Waals surface area (Å²) in [4.78, 5) is 3.88. The Bertz CT molecular complexity index is 68.8. The van der Waals surface area contributed by atoms with Crippen LogP contribution >= 0.6 is 0 Å². The van der Waals surface area contributed by atoms with Gasteiger partial charge in [0.25, 0.3) is 0 Å². The van der Waals surface area contributed by atoms with Gasteiger partial charge in [0.2, 0.25) is 0 Å². The molecule has 5 N–H and O–H groups in total. The summed E-state index contributed by atoms with van der Waals surface area (Å²) in [6.07, 6.45) is 0. The molecule has 9 heavy (non-hydrogen) atoms. The summed E-state index contributed by atoms with van der Waals surface area (Å²) in [5.74, 6) is 9.73. The molecule has 0 aliphatic rings. The molecule has 0 amide bonds. The Morgan fingerprint density at radius 3 is 2.67 bits per heavy atom. The smallest absolute Gasteiger partial charge is 0.123 e. The molecule has 0 saturated carbocycles. The molecule has 0 radical (unpaired) electrons. The predicted molar refractivity (Wildman–Crippen MR) is 31.3 cm³/mol. The van der Waals surface area contributed by atoms with Crippen LogP contribution < -0.4 is 17.0 Å². The lowest BCUT2D eigenvalue weighted by molar-refractivity contribution is -1.05. The molecular formula is C3H12N4O2. The van der Waals surface area contributed by atoms with Crippen molar-refractivity contribution in [3.63, 3.8) is 0 Å². The predicted octanol–water partition coefficient (Wildman–Crippen LogP) is -3.02. The summed E-state index contributed by atoms with van der Waals surface area (Å²) in [5, 5.41) is 11.2. The average Bonchev–Trinajstić information content (AvgIpc) is 1.83. The number of quaternary nitrogens is 1. The highest BCUT2D eigenvalue weighted by Crippen LogP contribution is 1.59. The fourth-order valence-electron chi connectivity index (χ4n) is 0.327. The fraction of sp³-hybridized carbons (Fsp3) is 1.00. The van der Waals surface area contributed by atoms with Gasteiger partial charge in [0.05, 0.1) is 6.54 Å². The Balaban J connectivity index is 3.06. The van der Waals surface area contributed by atoms with Gasteiger partial charge in [-0.1, -0.05) is 0 Å². The van der Waals surface area contributed by atoms with Crippen molar-refractivity contribution in [2.24, 2.45) is 11.7 Å². The SMILES string of the molecule is CN(N)CC[NH+]([O-])ON. The van der Waals surface area contributed by atoms with E-state index in [2.05, 4.69) is 10.8 Å². The minimum absolute atomic E-state index is 0.226. The normalized spacial score (nSPS) is 14.3. The van der Waals surface area contributed by atoms with Gasteiger partial charge in [-0.3, -0.25) is 5.84 Å². The van der Waals surface area contributed by atoms with Crippen LogP contribution in [0.3, 0.4) is 0 Å². The molecule has 56 valence electrons. The third-order valence-corrected chi connectivity index (χ3v) is 0.800. The van der Waals surface area contributed by atoms with E-state index in [1.807, 2.05) is 0 Å². The molecule has 0 saturated heterocycles. The molecule has 0 heterocycles. The molecule has 0 fully saturated rings. The van der Waals surface area contributed by atoms with E-state index >= 15 is 0 Å². The summed E-state index contributed by atoms with van der Waals surface area (Å²) in [7, 11) is 1.66. The van der Waals surface area contributed by atoms with Crippen LogP contribution in [0, 0.1) is 5.21 Å². The fourth-order valence-corrected chi connectivity index (χ4v) is 0.327. The maximum atomic E-state index is 10.3. The highest BCUT2D eigenvalue weighted by molar-refractivity contribution is 4.32. The first-order valence-electron chi connectivity index (χ1n) is 2.52. The van der Waals surface area contributed by atoms with Gasteiger partial charge < -0.3 is 5.21 Å². The number of nitrogens with two attached hydrogens (primary N) is 2. The van der Waals surface area contributed by atoms with Crippen molar-refractivity contribution in [1.82, 2.24) is 5.01 Å². The molecule has 0 spiro atoms. The van der Waals surface area contributed by atoms with Crippen molar-refractivity contribution in [3.05, 3.63) is 5.21 Å². The summed E-state index contributed by atoms with van der Waals surface area (Å²) in [6.45, 7) is 0.680. The standard InChI is InChI=1S/C3H12N4O2/c1-6(4)2-3-7(8)9-5/h7H,2-5H2,1H3. The van der Waals surface area contributed by atoms with E-state index in [9.17, 15) is 5.21 Å². The van der Waals surface area contributed by atoms with E-state index in [0.29, 0.717) is 6.54 Å². The first-order valence-corrected chi connectivity index (χ1v) is 2.52. The van der Waals surface area contributed by atoms with Crippen LogP contribution in [0.4, 0.5) is 0 Å². The minimum atomic E-state index is -0.452. The van der Waals surface area contributed by atoms with Gasteiger partial charge in [-0.25, -0.2) is 10.2 Å². The second-order valence-corrected chi connectivity index (χ2v) is 1.72. The monoisotopic (exact) mass is 136 g/mol. The van der Waals surface area contributed by atoms with Gasteiger partial charge in [-0.2, -0.15) is 5.90 Å². The van der Waals surface area contributed by atoms with Gasteiger partial charge in [-0.05, 0) is 0 Å². The highest BCUT2D eigenvalue weighted by atomic mass is 16.9. The molecule has 1 atom stereocenters. The number of hydrogen-bond acceptors (Lipinski definition) is 5. The number of rotatable bonds is 4. The summed E-state index contributed by atoms with van der Waals surface area (Å²) in [5.41, 5.74) is 0. The number of nitrogens with one attached hydrogen (secondary N) is 1. The van der Waals surface area contributed by atoms with E-state index in [0.717, 1.165) is 0 Å². The highest BCUT2D eigenvalue weighted by Gasteiger charge is 1.95. The summed E-state index contributed by atoms with van der Waals surface area (Å²) >= 11 is 0. The Morgan fingerprint density at radius 1 is 1.78 bits per heavy atom. The number of likely N-dealkylation sites (N-methyl/N-ethyl adjacent to an activating group) is 1. The molecule has 0 aliphatic heterocycles. The molecule has 1 unspecified atom stereocenters. The van der Waals surface area contributed by atoms with Crippen molar-refractivity contribution in [2.45, 2.75) is 0 Å². The Hall–Kier alpha value is -0.240. The lowest BCUT2D eigenvalue weighted by Crippen LogP contribution is -3.08. The Kier molecular flexibility index (Phi) is 4.50. The molecule has 0 rings (SSSR count). The van der Waals surface area contributed by atoms with Crippen LogP contribution in [0.1, 0.15) is 0 Å². The third kappa shape index (κ3) is 5.63. The molecular weight excluding hydrogens is 124 g/mol. The Labute approximate surface area is 53.4 Å². The maximum Gasteiger partial charge on any atom is 0.123 e. The van der Waals surface area contributed by atoms with Gasteiger partial charge in [0.15, 0.2) is 0 Å². The van der Waals surface area contributed by atoms with Crippen LogP contribution in [0.25, 0.3) is 0 Å². The number of hydrazine groups is 1. The second kappa shape index (κ2) is 4.62. The van der Waals surface area contributed by atoms with Gasteiger partial charge >= 0.3 is 0 Å². The largest absolute Gasteiger partial charge is 0.598 e. The first kappa shape index (κ1) is 8.76. The lowest BCUT2D eigenvalue weighted by atomic mass is 10.6. The lowest BCUT2D eigenvalue weighted by Gasteiger charge is -2.17. The molecule has 0 aromatic heterocycles. The van der Waals surface area contributed by atoms with Gasteiger partial charge in [-0.15, -0.1) is 4.94 Å². The van der Waals surface area contributed by atoms with E-state index in [1.165, 1.54) is 5.01 Å². The first-order chi connectivity index (χ1) is 4.16. The molecule has 0 aliphatic carbocycles. The molecule has 0 aromatic rings. The summed E-state index contributed by atoms with van der Waals surface area (Å²) in [6, 6.07) is 0. The van der Waals surface area contributed by atoms with Crippen LogP contribution in [0.15, 0.2) is 0 Å². The second-order valence-electron chi connectivity index (χ2n) is 1.72. The number of hydroxylamine groups is 2. The van der Waals surface area contributed by atoms with Gasteiger partial charge in [0.1, 0.15) is 6.54 Å². The summed E-state index contributed by atoms with van der Waals surface area (Å²) < 4.78 is 0. The van der Waals surface area contributed by atoms with Crippen molar-refractivity contribution in [3.8, 4) is 0 Å². The zero-order valence-corrected chi connectivity index (χ0v) is 5.33. The third-order valence-electron chi connectivity index (χ3n) is 0.800. The van der Waals surface area contributed by atoms with E-state index in [4.69, 9.17) is 5.84 Å². The van der Waals surface area contributed by atoms with Crippen LogP contribution in [-0.2, 0) is 4.94 Å². The van der Waals surface area contributed by atoms with E-state index in [1.54, 1.807) is 7.05 Å². The molecule has 0 aromatic carbocycles. The number of nitrogens with zero attached hydrogens (tertiary/aromatic N) is 1. The zero-order valence-electron chi connectivity index (χ0n) is 5.33. The van der Waals surface area contributed by atoms with Crippen molar-refractivity contribution >= 4 is 0 Å². The van der Waals surface area contributed by atoms with Crippen molar-refractivity contribution in [1.29, 1.82) is 0 Å². The van der Waals surface area contributed by atoms with E-state index in [-0.39, 0.29) is 6.54 Å². The van der Waals surface area contributed by atoms with Crippen molar-refractivity contribution in [2.75, 3.05) is 20.1 Å². The van der Waals surface area contributed by atoms with Gasteiger partial charge in [0, 0.05) is 7.05 Å². The minimum Gasteiger partial charge on any atom is -0.598 e. The molecule has 6 nitrogen and oxygen atoms in total. The topological polar surface area (TPSA) is 92.0 Å². The molecule has 0 bridgehead atoms. The maximum absolute atomic E-state index is 10.3. The quantitative estimate of drug-likeness (QED) is 0.282. The number of hydrogen-bond donors (Lipinski definition) is 3. The van der Waals surface area contributed by atoms with Crippen LogP contribution in [-0.4, -0.2) is 25.1 Å². The zero-order chi connectivity index (χ0) is 7.28. The Morgan fingerprint density at radius 2 is 2.33 bits per heavy atom. The average molecular weight is 136 g/mol. The van der Waals surface area contributed by atoms with Crippen LogP contribution in [0.2, 0.25) is 0 Å². The van der Waals surface area contributed by atoms with Crippen LogP contribution in [0.5, 0.6) is 0 Å².